The molecule has 0 spiro atoms. The number of nitrogens with two attached hydrogens (primary N) is 1. The highest BCUT2D eigenvalue weighted by Crippen LogP contribution is 2.15. The van der Waals surface area contributed by atoms with Crippen molar-refractivity contribution in [1.82, 2.24) is 0 Å². The van der Waals surface area contributed by atoms with Crippen LogP contribution in [0.2, 0.25) is 0 Å². The van der Waals surface area contributed by atoms with E-state index in [-0.39, 0.29) is 19.0 Å². The molecular formula is C8H11BrClNO. The Balaban J connectivity index is 0.00000121. The van der Waals surface area contributed by atoms with E-state index in [1.54, 1.807) is 0 Å². The Morgan fingerprint density at radius 3 is 2.25 bits per heavy atom. The van der Waals surface area contributed by atoms with Gasteiger partial charge in [-0.1, -0.05) is 28.1 Å². The van der Waals surface area contributed by atoms with Crippen LogP contribution in [-0.4, -0.2) is 11.7 Å². The lowest BCUT2D eigenvalue weighted by molar-refractivity contribution is 0.187. The van der Waals surface area contributed by atoms with Gasteiger partial charge in [-0.05, 0) is 17.7 Å². The molecule has 0 saturated carbocycles. The first-order valence-electron chi connectivity index (χ1n) is 3.37. The summed E-state index contributed by atoms with van der Waals surface area (Å²) in [7, 11) is 0. The topological polar surface area (TPSA) is 46.2 Å². The number of hydrogen-bond acceptors (Lipinski definition) is 2. The highest BCUT2D eigenvalue weighted by atomic mass is 79.9. The van der Waals surface area contributed by atoms with Gasteiger partial charge in [-0.25, -0.2) is 0 Å². The molecule has 12 heavy (non-hydrogen) atoms. The smallest absolute Gasteiger partial charge is 0.0912 e. The first-order valence-corrected chi connectivity index (χ1v) is 4.17. The summed E-state index contributed by atoms with van der Waals surface area (Å²) in [6, 6.07) is 7.46. The van der Waals surface area contributed by atoms with Gasteiger partial charge in [0, 0.05) is 11.0 Å². The number of rotatable bonds is 2. The molecule has 0 aromatic heterocycles. The third kappa shape index (κ3) is 3.11. The van der Waals surface area contributed by atoms with E-state index in [0.29, 0.717) is 0 Å². The molecule has 0 aliphatic rings. The second kappa shape index (κ2) is 5.54. The minimum atomic E-state index is -0.539. The lowest BCUT2D eigenvalue weighted by Gasteiger charge is -2.06. The molecule has 0 heterocycles. The van der Waals surface area contributed by atoms with Crippen molar-refractivity contribution in [3.05, 3.63) is 34.3 Å². The van der Waals surface area contributed by atoms with E-state index >= 15 is 0 Å². The molecule has 1 aromatic rings. The van der Waals surface area contributed by atoms with Gasteiger partial charge in [-0.15, -0.1) is 12.4 Å². The van der Waals surface area contributed by atoms with E-state index in [1.807, 2.05) is 24.3 Å². The lowest BCUT2D eigenvalue weighted by atomic mass is 10.1. The van der Waals surface area contributed by atoms with Crippen LogP contribution in [0.5, 0.6) is 0 Å². The van der Waals surface area contributed by atoms with E-state index in [9.17, 15) is 5.11 Å². The van der Waals surface area contributed by atoms with E-state index in [0.717, 1.165) is 10.0 Å². The molecule has 0 saturated heterocycles. The molecule has 1 rings (SSSR count). The maximum Gasteiger partial charge on any atom is 0.0912 e. The Hall–Kier alpha value is -0.0900. The Bertz CT molecular complexity index is 227. The highest BCUT2D eigenvalue weighted by Gasteiger charge is 2.02. The fourth-order valence-electron chi connectivity index (χ4n) is 0.821. The monoisotopic (exact) mass is 251 g/mol. The molecule has 0 amide bonds. The van der Waals surface area contributed by atoms with Crippen molar-refractivity contribution in [2.75, 3.05) is 6.54 Å². The summed E-state index contributed by atoms with van der Waals surface area (Å²) in [4.78, 5) is 0. The molecule has 0 aliphatic heterocycles. The number of aliphatic hydroxyl groups excluding tert-OH is 1. The average molecular weight is 253 g/mol. The molecule has 2 nitrogen and oxygen atoms in total. The van der Waals surface area contributed by atoms with Crippen LogP contribution in [0.3, 0.4) is 0 Å². The Labute approximate surface area is 86.3 Å². The van der Waals surface area contributed by atoms with Crippen molar-refractivity contribution >= 4 is 28.3 Å². The normalized spacial score (nSPS) is 11.9. The van der Waals surface area contributed by atoms with Crippen LogP contribution >= 0.6 is 28.3 Å². The van der Waals surface area contributed by atoms with Gasteiger partial charge in [0.25, 0.3) is 0 Å². The van der Waals surface area contributed by atoms with Crippen LogP contribution in [0, 0.1) is 0 Å². The van der Waals surface area contributed by atoms with Crippen LogP contribution in [0.25, 0.3) is 0 Å². The van der Waals surface area contributed by atoms with Gasteiger partial charge in [0.15, 0.2) is 0 Å². The zero-order valence-electron chi connectivity index (χ0n) is 6.40. The van der Waals surface area contributed by atoms with E-state index in [1.165, 1.54) is 0 Å². The Kier molecular flexibility index (Phi) is 5.50. The minimum absolute atomic E-state index is 0. The summed E-state index contributed by atoms with van der Waals surface area (Å²) in [6.07, 6.45) is -0.539. The predicted molar refractivity (Wildman–Crippen MR) is 55.4 cm³/mol. The summed E-state index contributed by atoms with van der Waals surface area (Å²) in [5.74, 6) is 0. The van der Waals surface area contributed by atoms with Gasteiger partial charge in [0.2, 0.25) is 0 Å². The molecule has 3 N–H and O–H groups in total. The third-order valence-electron chi connectivity index (χ3n) is 1.48. The van der Waals surface area contributed by atoms with Gasteiger partial charge in [0.1, 0.15) is 0 Å². The van der Waals surface area contributed by atoms with Gasteiger partial charge in [-0.3, -0.25) is 0 Å². The number of halogens is 2. The molecule has 0 radical (unpaired) electrons. The van der Waals surface area contributed by atoms with Crippen molar-refractivity contribution in [3.8, 4) is 0 Å². The van der Waals surface area contributed by atoms with E-state index in [4.69, 9.17) is 5.73 Å². The van der Waals surface area contributed by atoms with Crippen molar-refractivity contribution in [2.45, 2.75) is 6.10 Å². The predicted octanol–water partition coefficient (Wildman–Crippen LogP) is 1.86. The minimum Gasteiger partial charge on any atom is -0.387 e. The molecule has 1 atom stereocenters. The van der Waals surface area contributed by atoms with Crippen molar-refractivity contribution in [2.24, 2.45) is 5.73 Å². The zero-order valence-corrected chi connectivity index (χ0v) is 8.81. The van der Waals surface area contributed by atoms with E-state index < -0.39 is 6.10 Å². The van der Waals surface area contributed by atoms with Crippen LogP contribution in [-0.2, 0) is 0 Å². The molecule has 4 heteroatoms. The SMILES string of the molecule is Cl.NC[C@@H](O)c1ccc(Br)cc1. The average Bonchev–Trinajstić information content (AvgIpc) is 2.05. The largest absolute Gasteiger partial charge is 0.387 e. The van der Waals surface area contributed by atoms with Crippen LogP contribution in [0.15, 0.2) is 28.7 Å². The lowest BCUT2D eigenvalue weighted by Crippen LogP contribution is -2.11. The maximum absolute atomic E-state index is 9.28. The summed E-state index contributed by atoms with van der Waals surface area (Å²) < 4.78 is 1.01. The zero-order chi connectivity index (χ0) is 8.27. The highest BCUT2D eigenvalue weighted by molar-refractivity contribution is 9.10. The summed E-state index contributed by atoms with van der Waals surface area (Å²) >= 11 is 3.30. The van der Waals surface area contributed by atoms with Gasteiger partial charge < -0.3 is 10.8 Å². The summed E-state index contributed by atoms with van der Waals surface area (Å²) in [5.41, 5.74) is 6.14. The first kappa shape index (κ1) is 11.9. The third-order valence-corrected chi connectivity index (χ3v) is 2.01. The molecule has 68 valence electrons. The molecule has 1 aromatic carbocycles. The molecule has 0 aliphatic carbocycles. The van der Waals surface area contributed by atoms with Crippen LogP contribution < -0.4 is 5.73 Å². The fraction of sp³-hybridized carbons (Fsp3) is 0.250. The standard InChI is InChI=1S/C8H10BrNO.ClH/c9-7-3-1-6(2-4-7)8(11)5-10;/h1-4,8,11H,5,10H2;1H/t8-;/m1./s1. The van der Waals surface area contributed by atoms with Crippen molar-refractivity contribution < 1.29 is 5.11 Å². The fourth-order valence-corrected chi connectivity index (χ4v) is 1.09. The van der Waals surface area contributed by atoms with Crippen molar-refractivity contribution in [3.63, 3.8) is 0 Å². The second-order valence-corrected chi connectivity index (χ2v) is 3.22. The van der Waals surface area contributed by atoms with E-state index in [2.05, 4.69) is 15.9 Å². The van der Waals surface area contributed by atoms with Gasteiger partial charge in [-0.2, -0.15) is 0 Å². The maximum atomic E-state index is 9.28. The van der Waals surface area contributed by atoms with Gasteiger partial charge in [0.05, 0.1) is 6.10 Å². The first-order chi connectivity index (χ1) is 5.24. The second-order valence-electron chi connectivity index (χ2n) is 2.30. The van der Waals surface area contributed by atoms with Crippen molar-refractivity contribution in [1.29, 1.82) is 0 Å². The Morgan fingerprint density at radius 1 is 1.33 bits per heavy atom. The summed E-state index contributed by atoms with van der Waals surface area (Å²) in [5, 5.41) is 9.28. The number of benzene rings is 1. The number of hydrogen-bond donors (Lipinski definition) is 2. The molecular weight excluding hydrogens is 241 g/mol. The molecule has 0 bridgehead atoms. The molecule has 0 fully saturated rings. The van der Waals surface area contributed by atoms with Crippen LogP contribution in [0.1, 0.15) is 11.7 Å². The number of aliphatic hydroxyl groups is 1. The van der Waals surface area contributed by atoms with Gasteiger partial charge >= 0.3 is 0 Å². The van der Waals surface area contributed by atoms with Crippen LogP contribution in [0.4, 0.5) is 0 Å². The Morgan fingerprint density at radius 2 is 1.83 bits per heavy atom. The molecule has 0 unspecified atom stereocenters. The summed E-state index contributed by atoms with van der Waals surface area (Å²) in [6.45, 7) is 0.266. The quantitative estimate of drug-likeness (QED) is 0.844.